The molecule has 3 unspecified atom stereocenters. The van der Waals surface area contributed by atoms with Crippen molar-refractivity contribution in [1.82, 2.24) is 19.5 Å². The third kappa shape index (κ3) is 2.52. The first kappa shape index (κ1) is 13.7. The SMILES string of the molecule is Nc1nc(F)nc2c1ncn2C#CC(O)C1OCCC1O. The molecule has 0 bridgehead atoms. The van der Waals surface area contributed by atoms with Gasteiger partial charge >= 0.3 is 6.08 Å². The summed E-state index contributed by atoms with van der Waals surface area (Å²) in [5.74, 6) is 2.42. The van der Waals surface area contributed by atoms with Gasteiger partial charge in [0.05, 0.1) is 6.10 Å². The van der Waals surface area contributed by atoms with Crippen LogP contribution in [0.1, 0.15) is 6.42 Å². The number of imidazole rings is 1. The Kier molecular flexibility index (Phi) is 3.42. The molecule has 3 rings (SSSR count). The van der Waals surface area contributed by atoms with Crippen molar-refractivity contribution >= 4 is 17.0 Å². The Hall–Kier alpha value is -2.28. The predicted octanol–water partition coefficient (Wildman–Crippen LogP) is -1.13. The second kappa shape index (κ2) is 5.25. The van der Waals surface area contributed by atoms with Crippen molar-refractivity contribution in [2.45, 2.75) is 24.7 Å². The summed E-state index contributed by atoms with van der Waals surface area (Å²) in [7, 11) is 0. The maximum Gasteiger partial charge on any atom is 0.312 e. The second-order valence-electron chi connectivity index (χ2n) is 4.56. The van der Waals surface area contributed by atoms with Gasteiger partial charge in [0, 0.05) is 12.7 Å². The van der Waals surface area contributed by atoms with Gasteiger partial charge in [-0.2, -0.15) is 14.4 Å². The molecule has 3 atom stereocenters. The molecular formula is C12H12FN5O3. The molecule has 0 aliphatic carbocycles. The van der Waals surface area contributed by atoms with Crippen molar-refractivity contribution in [2.75, 3.05) is 12.3 Å². The lowest BCUT2D eigenvalue weighted by Gasteiger charge is -2.15. The van der Waals surface area contributed by atoms with E-state index in [0.29, 0.717) is 13.0 Å². The maximum absolute atomic E-state index is 13.2. The van der Waals surface area contributed by atoms with Gasteiger partial charge in [0.1, 0.15) is 18.5 Å². The highest BCUT2D eigenvalue weighted by atomic mass is 19.1. The van der Waals surface area contributed by atoms with Crippen LogP contribution < -0.4 is 5.73 Å². The van der Waals surface area contributed by atoms with E-state index >= 15 is 0 Å². The average Bonchev–Trinajstić information content (AvgIpc) is 3.02. The summed E-state index contributed by atoms with van der Waals surface area (Å²) >= 11 is 0. The molecule has 0 amide bonds. The van der Waals surface area contributed by atoms with Crippen LogP contribution in [0.5, 0.6) is 0 Å². The summed E-state index contributed by atoms with van der Waals surface area (Å²) in [5.41, 5.74) is 5.85. The van der Waals surface area contributed by atoms with Gasteiger partial charge in [-0.05, 0) is 12.3 Å². The molecule has 2 aromatic heterocycles. The molecule has 0 aromatic carbocycles. The Labute approximate surface area is 118 Å². The molecule has 0 saturated carbocycles. The fourth-order valence-corrected chi connectivity index (χ4v) is 2.10. The molecule has 0 radical (unpaired) electrons. The number of hydrogen-bond donors (Lipinski definition) is 3. The van der Waals surface area contributed by atoms with E-state index in [2.05, 4.69) is 26.9 Å². The van der Waals surface area contributed by atoms with Gasteiger partial charge < -0.3 is 20.7 Å². The zero-order valence-electron chi connectivity index (χ0n) is 10.8. The number of nitrogens with zero attached hydrogens (tertiary/aromatic N) is 4. The lowest BCUT2D eigenvalue weighted by atomic mass is 10.1. The number of aromatic nitrogens is 4. The minimum absolute atomic E-state index is 0.0897. The normalized spacial score (nSPS) is 23.0. The van der Waals surface area contributed by atoms with E-state index in [1.165, 1.54) is 10.9 Å². The monoisotopic (exact) mass is 293 g/mol. The number of hydrogen-bond acceptors (Lipinski definition) is 7. The summed E-state index contributed by atoms with van der Waals surface area (Å²) in [6, 6.07) is 2.57. The Balaban J connectivity index is 1.90. The highest BCUT2D eigenvalue weighted by Gasteiger charge is 2.31. The Morgan fingerprint density at radius 1 is 1.52 bits per heavy atom. The lowest BCUT2D eigenvalue weighted by Crippen LogP contribution is -2.33. The van der Waals surface area contributed by atoms with E-state index in [1.807, 2.05) is 0 Å². The van der Waals surface area contributed by atoms with Crippen LogP contribution in [0.3, 0.4) is 0 Å². The maximum atomic E-state index is 13.2. The topological polar surface area (TPSA) is 119 Å². The summed E-state index contributed by atoms with van der Waals surface area (Å²) in [5, 5.41) is 19.5. The van der Waals surface area contributed by atoms with Crippen LogP contribution in [0.2, 0.25) is 0 Å². The Morgan fingerprint density at radius 2 is 2.33 bits per heavy atom. The molecular weight excluding hydrogens is 281 g/mol. The summed E-state index contributed by atoms with van der Waals surface area (Å²) in [4.78, 5) is 10.9. The van der Waals surface area contributed by atoms with E-state index in [4.69, 9.17) is 10.5 Å². The van der Waals surface area contributed by atoms with Crippen molar-refractivity contribution < 1.29 is 19.3 Å². The molecule has 1 aliphatic rings. The Morgan fingerprint density at radius 3 is 3.05 bits per heavy atom. The standard InChI is InChI=1S/C12H12FN5O3/c13-12-16-10(14)8-11(17-12)18(5-15-8)3-1-6(19)9-7(20)2-4-21-9/h5-7,9,19-20H,2,4H2,(H2,14,16,17). The third-order valence-electron chi connectivity index (χ3n) is 3.14. The molecule has 1 aliphatic heterocycles. The van der Waals surface area contributed by atoms with Gasteiger partial charge in [-0.1, -0.05) is 0 Å². The molecule has 4 N–H and O–H groups in total. The average molecular weight is 293 g/mol. The van der Waals surface area contributed by atoms with Gasteiger partial charge in [0.2, 0.25) is 0 Å². The van der Waals surface area contributed by atoms with Crippen molar-refractivity contribution in [2.24, 2.45) is 0 Å². The Bertz CT molecular complexity index is 738. The molecule has 1 saturated heterocycles. The quantitative estimate of drug-likeness (QED) is 0.449. The zero-order chi connectivity index (χ0) is 15.0. The highest BCUT2D eigenvalue weighted by Crippen LogP contribution is 2.17. The number of anilines is 1. The minimum Gasteiger partial charge on any atom is -0.390 e. The van der Waals surface area contributed by atoms with Gasteiger partial charge in [0.25, 0.3) is 0 Å². The van der Waals surface area contributed by atoms with Crippen LogP contribution in [0, 0.1) is 18.0 Å². The summed E-state index contributed by atoms with van der Waals surface area (Å²) < 4.78 is 19.6. The minimum atomic E-state index is -1.18. The van der Waals surface area contributed by atoms with Crippen LogP contribution in [-0.4, -0.2) is 54.7 Å². The number of fused-ring (bicyclic) bond motifs is 1. The van der Waals surface area contributed by atoms with E-state index in [1.54, 1.807) is 0 Å². The number of nitrogens with two attached hydrogens (primary N) is 1. The molecule has 21 heavy (non-hydrogen) atoms. The van der Waals surface area contributed by atoms with Crippen LogP contribution in [-0.2, 0) is 4.74 Å². The van der Waals surface area contributed by atoms with E-state index in [0.717, 1.165) is 0 Å². The number of aliphatic hydroxyl groups excluding tert-OH is 2. The van der Waals surface area contributed by atoms with Gasteiger partial charge in [-0.3, -0.25) is 0 Å². The largest absolute Gasteiger partial charge is 0.390 e. The first-order valence-corrected chi connectivity index (χ1v) is 6.21. The van der Waals surface area contributed by atoms with Crippen LogP contribution in [0.4, 0.5) is 10.2 Å². The van der Waals surface area contributed by atoms with E-state index < -0.39 is 24.4 Å². The van der Waals surface area contributed by atoms with Crippen molar-refractivity contribution in [3.63, 3.8) is 0 Å². The van der Waals surface area contributed by atoms with Gasteiger partial charge in [-0.25, -0.2) is 9.55 Å². The predicted molar refractivity (Wildman–Crippen MR) is 69.2 cm³/mol. The molecule has 0 spiro atoms. The zero-order valence-corrected chi connectivity index (χ0v) is 10.8. The lowest BCUT2D eigenvalue weighted by molar-refractivity contribution is -0.0221. The first-order chi connectivity index (χ1) is 10.1. The number of rotatable bonds is 1. The van der Waals surface area contributed by atoms with Gasteiger partial charge in [0.15, 0.2) is 17.0 Å². The number of halogens is 1. The fourth-order valence-electron chi connectivity index (χ4n) is 2.10. The fraction of sp³-hybridized carbons (Fsp3) is 0.417. The molecule has 8 nitrogen and oxygen atoms in total. The first-order valence-electron chi connectivity index (χ1n) is 6.21. The molecule has 1 fully saturated rings. The molecule has 9 heteroatoms. The summed E-state index contributed by atoms with van der Waals surface area (Å²) in [6.45, 7) is 0.369. The third-order valence-corrected chi connectivity index (χ3v) is 3.14. The second-order valence-corrected chi connectivity index (χ2v) is 4.56. The van der Waals surface area contributed by atoms with Crippen molar-refractivity contribution in [3.8, 4) is 12.0 Å². The highest BCUT2D eigenvalue weighted by molar-refractivity contribution is 5.81. The van der Waals surface area contributed by atoms with Crippen molar-refractivity contribution in [1.29, 1.82) is 0 Å². The van der Waals surface area contributed by atoms with Crippen LogP contribution in [0.25, 0.3) is 11.2 Å². The smallest absolute Gasteiger partial charge is 0.312 e. The van der Waals surface area contributed by atoms with E-state index in [9.17, 15) is 14.6 Å². The van der Waals surface area contributed by atoms with Gasteiger partial charge in [-0.15, -0.1) is 0 Å². The summed E-state index contributed by atoms with van der Waals surface area (Å²) in [6.07, 6.45) is -1.94. The van der Waals surface area contributed by atoms with E-state index in [-0.39, 0.29) is 17.0 Å². The molecule has 2 aromatic rings. The molecule has 110 valence electrons. The molecule has 3 heterocycles. The van der Waals surface area contributed by atoms with Crippen molar-refractivity contribution in [3.05, 3.63) is 12.4 Å². The van der Waals surface area contributed by atoms with Crippen LogP contribution >= 0.6 is 0 Å². The number of nitrogen functional groups attached to an aromatic ring is 1. The number of ether oxygens (including phenoxy) is 1. The number of aliphatic hydroxyl groups is 2. The van der Waals surface area contributed by atoms with Crippen LogP contribution in [0.15, 0.2) is 6.33 Å².